The molecule has 0 aromatic carbocycles. The van der Waals surface area contributed by atoms with Crippen LogP contribution in [0.4, 0.5) is 0 Å². The number of aldehydes is 1. The number of rotatable bonds is 5. The molecular weight excluding hydrogens is 226 g/mol. The number of likely N-dealkylation sites (tertiary alicyclic amines) is 1. The molecule has 18 heavy (non-hydrogen) atoms. The standard InChI is InChI=1S/C15H27NO2/c17-10-6-14-5-9-16(11-14)12-15(13-18)7-3-1-2-4-8-15/h13-14,17H,1-12H2. The predicted octanol–water partition coefficient (Wildman–Crippen LogP) is 2.23. The Morgan fingerprint density at radius 3 is 2.56 bits per heavy atom. The van der Waals surface area contributed by atoms with Gasteiger partial charge in [-0.1, -0.05) is 25.7 Å². The Hall–Kier alpha value is -0.410. The Bertz CT molecular complexity index is 259. The van der Waals surface area contributed by atoms with Gasteiger partial charge < -0.3 is 14.8 Å². The summed E-state index contributed by atoms with van der Waals surface area (Å²) in [7, 11) is 0. The zero-order valence-corrected chi connectivity index (χ0v) is 11.4. The molecule has 3 nitrogen and oxygen atoms in total. The van der Waals surface area contributed by atoms with Crippen LogP contribution < -0.4 is 0 Å². The van der Waals surface area contributed by atoms with E-state index in [1.807, 2.05) is 0 Å². The fourth-order valence-corrected chi connectivity index (χ4v) is 3.67. The summed E-state index contributed by atoms with van der Waals surface area (Å²) in [6.45, 7) is 3.45. The highest BCUT2D eigenvalue weighted by Crippen LogP contribution is 2.35. The van der Waals surface area contributed by atoms with Gasteiger partial charge in [-0.2, -0.15) is 0 Å². The molecule has 0 bridgehead atoms. The number of hydrogen-bond donors (Lipinski definition) is 1. The van der Waals surface area contributed by atoms with Crippen molar-refractivity contribution in [3.63, 3.8) is 0 Å². The molecule has 1 aliphatic heterocycles. The molecule has 1 atom stereocenters. The molecule has 2 aliphatic rings. The molecule has 1 saturated heterocycles. The molecule has 2 rings (SSSR count). The van der Waals surface area contributed by atoms with Crippen molar-refractivity contribution in [3.05, 3.63) is 0 Å². The van der Waals surface area contributed by atoms with E-state index in [1.54, 1.807) is 0 Å². The van der Waals surface area contributed by atoms with E-state index in [0.717, 1.165) is 38.9 Å². The van der Waals surface area contributed by atoms with Crippen LogP contribution in [0.1, 0.15) is 51.4 Å². The van der Waals surface area contributed by atoms with Crippen LogP contribution >= 0.6 is 0 Å². The number of aliphatic hydroxyl groups excluding tert-OH is 1. The maximum Gasteiger partial charge on any atom is 0.127 e. The van der Waals surface area contributed by atoms with Gasteiger partial charge >= 0.3 is 0 Å². The summed E-state index contributed by atoms with van der Waals surface area (Å²) in [5.41, 5.74) is -0.0649. The molecule has 1 saturated carbocycles. The highest BCUT2D eigenvalue weighted by atomic mass is 16.3. The zero-order valence-electron chi connectivity index (χ0n) is 11.4. The van der Waals surface area contributed by atoms with Gasteiger partial charge in [0.15, 0.2) is 0 Å². The molecule has 104 valence electrons. The Balaban J connectivity index is 1.88. The highest BCUT2D eigenvalue weighted by Gasteiger charge is 2.34. The van der Waals surface area contributed by atoms with Gasteiger partial charge in [0.1, 0.15) is 6.29 Å². The molecule has 0 aromatic rings. The quantitative estimate of drug-likeness (QED) is 0.603. The summed E-state index contributed by atoms with van der Waals surface area (Å²) >= 11 is 0. The summed E-state index contributed by atoms with van der Waals surface area (Å²) in [6, 6.07) is 0. The third kappa shape index (κ3) is 3.55. The molecule has 0 radical (unpaired) electrons. The second-order valence-corrected chi connectivity index (χ2v) is 6.30. The lowest BCUT2D eigenvalue weighted by Gasteiger charge is -2.31. The minimum atomic E-state index is -0.0649. The Kier molecular flexibility index (Phi) is 5.19. The first kappa shape index (κ1) is 14.0. The average Bonchev–Trinajstić information content (AvgIpc) is 2.67. The third-order valence-corrected chi connectivity index (χ3v) is 4.80. The number of hydrogen-bond acceptors (Lipinski definition) is 3. The first-order valence-electron chi connectivity index (χ1n) is 7.57. The van der Waals surface area contributed by atoms with Crippen molar-refractivity contribution in [2.45, 2.75) is 51.4 Å². The lowest BCUT2D eigenvalue weighted by Crippen LogP contribution is -2.37. The van der Waals surface area contributed by atoms with Crippen LogP contribution in [0.25, 0.3) is 0 Å². The number of carbonyl (C=O) groups excluding carboxylic acids is 1. The van der Waals surface area contributed by atoms with E-state index in [2.05, 4.69) is 4.90 Å². The average molecular weight is 253 g/mol. The molecular formula is C15H27NO2. The fraction of sp³-hybridized carbons (Fsp3) is 0.933. The van der Waals surface area contributed by atoms with Crippen LogP contribution in [0.15, 0.2) is 0 Å². The van der Waals surface area contributed by atoms with E-state index in [9.17, 15) is 4.79 Å². The maximum atomic E-state index is 11.6. The molecule has 0 spiro atoms. The van der Waals surface area contributed by atoms with Crippen LogP contribution in [0.2, 0.25) is 0 Å². The van der Waals surface area contributed by atoms with Crippen LogP contribution in [0.5, 0.6) is 0 Å². The molecule has 0 amide bonds. The molecule has 1 heterocycles. The van der Waals surface area contributed by atoms with Crippen molar-refractivity contribution in [1.29, 1.82) is 0 Å². The molecule has 3 heteroatoms. The van der Waals surface area contributed by atoms with Crippen LogP contribution in [-0.2, 0) is 4.79 Å². The molecule has 2 fully saturated rings. The lowest BCUT2D eigenvalue weighted by atomic mass is 9.81. The van der Waals surface area contributed by atoms with Crippen molar-refractivity contribution in [1.82, 2.24) is 4.90 Å². The largest absolute Gasteiger partial charge is 0.396 e. The SMILES string of the molecule is O=CC1(CN2CCC(CCO)C2)CCCCCC1. The summed E-state index contributed by atoms with van der Waals surface area (Å²) < 4.78 is 0. The van der Waals surface area contributed by atoms with Gasteiger partial charge in [0, 0.05) is 25.1 Å². The molecule has 1 unspecified atom stereocenters. The molecule has 1 aliphatic carbocycles. The van der Waals surface area contributed by atoms with Gasteiger partial charge in [-0.25, -0.2) is 0 Å². The number of carbonyl (C=O) groups is 1. The van der Waals surface area contributed by atoms with Gasteiger partial charge in [-0.3, -0.25) is 0 Å². The first-order chi connectivity index (χ1) is 8.78. The smallest absolute Gasteiger partial charge is 0.127 e. The van der Waals surface area contributed by atoms with Crippen LogP contribution in [0.3, 0.4) is 0 Å². The lowest BCUT2D eigenvalue weighted by molar-refractivity contribution is -0.118. The Labute approximate surface area is 111 Å². The van der Waals surface area contributed by atoms with Crippen LogP contribution in [0, 0.1) is 11.3 Å². The van der Waals surface area contributed by atoms with Gasteiger partial charge in [-0.15, -0.1) is 0 Å². The van der Waals surface area contributed by atoms with E-state index in [0.29, 0.717) is 12.5 Å². The first-order valence-corrected chi connectivity index (χ1v) is 7.57. The second-order valence-electron chi connectivity index (χ2n) is 6.30. The van der Waals surface area contributed by atoms with Gasteiger partial charge in [0.2, 0.25) is 0 Å². The van der Waals surface area contributed by atoms with Gasteiger partial charge in [0.05, 0.1) is 0 Å². The van der Waals surface area contributed by atoms with Crippen molar-refractivity contribution in [3.8, 4) is 0 Å². The van der Waals surface area contributed by atoms with E-state index in [4.69, 9.17) is 5.11 Å². The van der Waals surface area contributed by atoms with Crippen molar-refractivity contribution in [2.24, 2.45) is 11.3 Å². The van der Waals surface area contributed by atoms with E-state index in [-0.39, 0.29) is 5.41 Å². The highest BCUT2D eigenvalue weighted by molar-refractivity contribution is 5.59. The summed E-state index contributed by atoms with van der Waals surface area (Å²) in [4.78, 5) is 14.0. The molecule has 0 aromatic heterocycles. The predicted molar refractivity (Wildman–Crippen MR) is 72.4 cm³/mol. The normalized spacial score (nSPS) is 29.1. The zero-order chi connectivity index (χ0) is 12.8. The van der Waals surface area contributed by atoms with E-state index >= 15 is 0 Å². The van der Waals surface area contributed by atoms with Crippen LogP contribution in [-0.4, -0.2) is 42.5 Å². The van der Waals surface area contributed by atoms with Crippen molar-refractivity contribution < 1.29 is 9.90 Å². The van der Waals surface area contributed by atoms with Crippen molar-refractivity contribution >= 4 is 6.29 Å². The second kappa shape index (κ2) is 6.67. The Morgan fingerprint density at radius 1 is 1.22 bits per heavy atom. The van der Waals surface area contributed by atoms with E-state index < -0.39 is 0 Å². The number of aliphatic hydroxyl groups is 1. The topological polar surface area (TPSA) is 40.5 Å². The van der Waals surface area contributed by atoms with E-state index in [1.165, 1.54) is 38.4 Å². The fourth-order valence-electron chi connectivity index (χ4n) is 3.67. The third-order valence-electron chi connectivity index (χ3n) is 4.80. The monoisotopic (exact) mass is 253 g/mol. The van der Waals surface area contributed by atoms with Crippen molar-refractivity contribution in [2.75, 3.05) is 26.2 Å². The molecule has 1 N–H and O–H groups in total. The summed E-state index contributed by atoms with van der Waals surface area (Å²) in [5, 5.41) is 8.99. The van der Waals surface area contributed by atoms with Gasteiger partial charge in [0.25, 0.3) is 0 Å². The minimum absolute atomic E-state index is 0.0649. The maximum absolute atomic E-state index is 11.6. The Morgan fingerprint density at radius 2 is 1.94 bits per heavy atom. The minimum Gasteiger partial charge on any atom is -0.396 e. The summed E-state index contributed by atoms with van der Waals surface area (Å²) in [5.74, 6) is 0.643. The summed E-state index contributed by atoms with van der Waals surface area (Å²) in [6.07, 6.45) is 10.5. The number of nitrogens with zero attached hydrogens (tertiary/aromatic N) is 1. The van der Waals surface area contributed by atoms with Gasteiger partial charge in [-0.05, 0) is 38.1 Å².